The maximum absolute atomic E-state index is 12.5. The Morgan fingerprint density at radius 2 is 1.83 bits per heavy atom. The highest BCUT2D eigenvalue weighted by Gasteiger charge is 2.31. The number of benzene rings is 1. The van der Waals surface area contributed by atoms with E-state index in [9.17, 15) is 24.3 Å². The molecule has 24 heavy (non-hydrogen) atoms. The zero-order valence-electron chi connectivity index (χ0n) is 13.2. The lowest BCUT2D eigenvalue weighted by Crippen LogP contribution is -2.24. The predicted molar refractivity (Wildman–Crippen MR) is 84.7 cm³/mol. The van der Waals surface area contributed by atoms with Gasteiger partial charge in [-0.3, -0.25) is 19.2 Å². The second-order valence-corrected chi connectivity index (χ2v) is 5.37. The molecular formula is C18H16O6. The van der Waals surface area contributed by atoms with Gasteiger partial charge in [-0.2, -0.15) is 0 Å². The van der Waals surface area contributed by atoms with Crippen LogP contribution in [0.2, 0.25) is 0 Å². The third-order valence-corrected chi connectivity index (χ3v) is 3.65. The molecule has 1 aliphatic carbocycles. The lowest BCUT2D eigenvalue weighted by atomic mass is 9.84. The highest BCUT2D eigenvalue weighted by molar-refractivity contribution is 6.24. The van der Waals surface area contributed by atoms with Gasteiger partial charge in [0.2, 0.25) is 0 Å². The topological polar surface area (TPSA) is 97.7 Å². The van der Waals surface area contributed by atoms with Gasteiger partial charge in [-0.1, -0.05) is 24.3 Å². The molecule has 0 spiro atoms. The van der Waals surface area contributed by atoms with Gasteiger partial charge in [0.1, 0.15) is 11.7 Å². The molecule has 1 atom stereocenters. The monoisotopic (exact) mass is 328 g/mol. The summed E-state index contributed by atoms with van der Waals surface area (Å²) in [6.07, 6.45) is 1.81. The molecule has 0 saturated heterocycles. The minimum Gasteiger partial charge on any atom is -0.511 e. The Kier molecular flexibility index (Phi) is 5.08. The van der Waals surface area contributed by atoms with Crippen molar-refractivity contribution in [2.75, 3.05) is 7.11 Å². The summed E-state index contributed by atoms with van der Waals surface area (Å²) < 4.78 is 4.61. The Labute approximate surface area is 138 Å². The van der Waals surface area contributed by atoms with Crippen molar-refractivity contribution in [2.24, 2.45) is 5.92 Å². The largest absolute Gasteiger partial charge is 0.511 e. The normalized spacial score (nSPS) is 15.4. The first kappa shape index (κ1) is 17.3. The minimum atomic E-state index is -1.23. The van der Waals surface area contributed by atoms with Gasteiger partial charge >= 0.3 is 5.97 Å². The molecule has 1 aromatic carbocycles. The van der Waals surface area contributed by atoms with Crippen LogP contribution in [0.25, 0.3) is 0 Å². The smallest absolute Gasteiger partial charge is 0.316 e. The van der Waals surface area contributed by atoms with Gasteiger partial charge in [0.05, 0.1) is 7.11 Å². The van der Waals surface area contributed by atoms with Crippen molar-refractivity contribution in [2.45, 2.75) is 13.3 Å². The van der Waals surface area contributed by atoms with Crippen molar-refractivity contribution in [3.63, 3.8) is 0 Å². The fraction of sp³-hybridized carbons (Fsp3) is 0.222. The average molecular weight is 328 g/mol. The second kappa shape index (κ2) is 7.04. The first-order chi connectivity index (χ1) is 11.3. The number of fused-ring (bicyclic) bond motifs is 1. The van der Waals surface area contributed by atoms with Crippen LogP contribution in [-0.2, 0) is 14.3 Å². The number of hydrogen-bond donors (Lipinski definition) is 1. The Morgan fingerprint density at radius 3 is 2.42 bits per heavy atom. The Bertz CT molecular complexity index is 784. The van der Waals surface area contributed by atoms with Crippen LogP contribution < -0.4 is 0 Å². The third kappa shape index (κ3) is 3.48. The number of Topliss-reactive ketones (excluding diaryl/α,β-unsaturated/α-hetero) is 1. The van der Waals surface area contributed by atoms with E-state index in [0.717, 1.165) is 19.3 Å². The lowest BCUT2D eigenvalue weighted by molar-refractivity contribution is -0.144. The number of carbonyl (C=O) groups excluding carboxylic acids is 4. The fourth-order valence-electron chi connectivity index (χ4n) is 2.50. The van der Waals surface area contributed by atoms with Gasteiger partial charge in [0.15, 0.2) is 17.3 Å². The zero-order chi connectivity index (χ0) is 17.9. The van der Waals surface area contributed by atoms with Crippen LogP contribution >= 0.6 is 0 Å². The maximum Gasteiger partial charge on any atom is 0.316 e. The number of hydrogen-bond acceptors (Lipinski definition) is 6. The predicted octanol–water partition coefficient (Wildman–Crippen LogP) is 2.20. The van der Waals surface area contributed by atoms with E-state index in [0.29, 0.717) is 5.56 Å². The molecule has 1 aromatic rings. The Morgan fingerprint density at radius 1 is 1.21 bits per heavy atom. The lowest BCUT2D eigenvalue weighted by Gasteiger charge is -2.19. The minimum absolute atomic E-state index is 0.0811. The molecular weight excluding hydrogens is 312 g/mol. The van der Waals surface area contributed by atoms with Crippen molar-refractivity contribution < 1.29 is 29.0 Å². The Balaban J connectivity index is 2.37. The summed E-state index contributed by atoms with van der Waals surface area (Å²) in [6.45, 7) is 1.22. The van der Waals surface area contributed by atoms with Crippen LogP contribution in [0.3, 0.4) is 0 Å². The number of ketones is 3. The summed E-state index contributed by atoms with van der Waals surface area (Å²) in [5, 5.41) is 9.97. The van der Waals surface area contributed by atoms with E-state index in [1.54, 1.807) is 18.2 Å². The number of aliphatic hydroxyl groups excluding tert-OH is 1. The van der Waals surface area contributed by atoms with E-state index in [1.807, 2.05) is 0 Å². The molecule has 0 bridgehead atoms. The number of aliphatic hydroxyl groups is 1. The van der Waals surface area contributed by atoms with Crippen molar-refractivity contribution in [3.05, 3.63) is 58.9 Å². The summed E-state index contributed by atoms with van der Waals surface area (Å²) in [7, 11) is 1.13. The van der Waals surface area contributed by atoms with Crippen LogP contribution in [0.1, 0.15) is 34.1 Å². The van der Waals surface area contributed by atoms with E-state index in [-0.39, 0.29) is 23.3 Å². The molecule has 0 fully saturated rings. The molecule has 0 heterocycles. The molecule has 6 nitrogen and oxygen atoms in total. The molecule has 0 aliphatic heterocycles. The van der Waals surface area contributed by atoms with Crippen LogP contribution in [0, 0.1) is 5.92 Å². The fourth-order valence-corrected chi connectivity index (χ4v) is 2.50. The molecule has 1 aliphatic rings. The summed E-state index contributed by atoms with van der Waals surface area (Å²) in [5.74, 6) is -3.73. The Hall–Kier alpha value is -3.02. The first-order valence-corrected chi connectivity index (χ1v) is 7.22. The van der Waals surface area contributed by atoms with Crippen molar-refractivity contribution in [1.82, 2.24) is 0 Å². The van der Waals surface area contributed by atoms with Crippen molar-refractivity contribution in [1.29, 1.82) is 0 Å². The van der Waals surface area contributed by atoms with Gasteiger partial charge in [0, 0.05) is 22.8 Å². The summed E-state index contributed by atoms with van der Waals surface area (Å²) in [4.78, 5) is 47.6. The number of rotatable bonds is 5. The summed E-state index contributed by atoms with van der Waals surface area (Å²) in [5.41, 5.74) is 0.626. The highest BCUT2D eigenvalue weighted by atomic mass is 16.5. The molecule has 0 saturated carbocycles. The van der Waals surface area contributed by atoms with E-state index >= 15 is 0 Å². The standard InChI is InChI=1S/C18H16O6/c1-10(19)7-15(20)14(18(23)24-2)8-11-9-16(21)12-5-3-4-6-13(12)17(11)22/h3-7,9,14,20H,8H2,1-2H3/b15-7-. The van der Waals surface area contributed by atoms with E-state index in [1.165, 1.54) is 13.0 Å². The molecule has 0 radical (unpaired) electrons. The number of carbonyl (C=O) groups is 4. The van der Waals surface area contributed by atoms with Gasteiger partial charge in [-0.25, -0.2) is 0 Å². The van der Waals surface area contributed by atoms with Crippen LogP contribution in [0.5, 0.6) is 0 Å². The molecule has 0 amide bonds. The van der Waals surface area contributed by atoms with Crippen molar-refractivity contribution in [3.8, 4) is 0 Å². The van der Waals surface area contributed by atoms with E-state index in [4.69, 9.17) is 0 Å². The average Bonchev–Trinajstić information content (AvgIpc) is 2.55. The molecule has 1 N–H and O–H groups in total. The van der Waals surface area contributed by atoms with E-state index < -0.39 is 29.2 Å². The van der Waals surface area contributed by atoms with Crippen LogP contribution in [0.4, 0.5) is 0 Å². The number of ether oxygens (including phenoxy) is 1. The number of esters is 1. The van der Waals surface area contributed by atoms with Crippen LogP contribution in [-0.4, -0.2) is 35.5 Å². The second-order valence-electron chi connectivity index (χ2n) is 5.37. The summed E-state index contributed by atoms with van der Waals surface area (Å²) >= 11 is 0. The quantitative estimate of drug-likeness (QED) is 0.505. The van der Waals surface area contributed by atoms with Crippen LogP contribution in [0.15, 0.2) is 47.7 Å². The molecule has 6 heteroatoms. The van der Waals surface area contributed by atoms with Gasteiger partial charge in [-0.15, -0.1) is 0 Å². The molecule has 2 rings (SSSR count). The summed E-state index contributed by atoms with van der Waals surface area (Å²) in [6, 6.07) is 6.37. The van der Waals surface area contributed by atoms with Gasteiger partial charge in [-0.05, 0) is 19.4 Å². The number of allylic oxidation sites excluding steroid dienone is 3. The van der Waals surface area contributed by atoms with Gasteiger partial charge < -0.3 is 9.84 Å². The van der Waals surface area contributed by atoms with Crippen molar-refractivity contribution >= 4 is 23.3 Å². The van der Waals surface area contributed by atoms with E-state index in [2.05, 4.69) is 4.74 Å². The number of methoxy groups -OCH3 is 1. The molecule has 124 valence electrons. The maximum atomic E-state index is 12.5. The molecule has 1 unspecified atom stereocenters. The third-order valence-electron chi connectivity index (χ3n) is 3.65. The highest BCUT2D eigenvalue weighted by Crippen LogP contribution is 2.28. The zero-order valence-corrected chi connectivity index (χ0v) is 13.2. The molecule has 0 aromatic heterocycles. The SMILES string of the molecule is COC(=O)C(CC1=CC(=O)c2ccccc2C1=O)/C(O)=C/C(C)=O. The van der Waals surface area contributed by atoms with Gasteiger partial charge in [0.25, 0.3) is 0 Å². The first-order valence-electron chi connectivity index (χ1n) is 7.22.